The topological polar surface area (TPSA) is 77.1 Å². The lowest BCUT2D eigenvalue weighted by Crippen LogP contribution is -2.30. The zero-order chi connectivity index (χ0) is 19.3. The van der Waals surface area contributed by atoms with Gasteiger partial charge in [0.2, 0.25) is 0 Å². The van der Waals surface area contributed by atoms with Gasteiger partial charge in [0.05, 0.1) is 0 Å². The molecule has 4 rings (SSSR count). The summed E-state index contributed by atoms with van der Waals surface area (Å²) in [4.78, 5) is 28.9. The molecule has 0 saturated heterocycles. The smallest absolute Gasteiger partial charge is 0.349 e. The summed E-state index contributed by atoms with van der Waals surface area (Å²) >= 11 is 0. The third-order valence-corrected chi connectivity index (χ3v) is 4.52. The van der Waals surface area contributed by atoms with Crippen molar-refractivity contribution in [2.45, 2.75) is 13.0 Å². The Morgan fingerprint density at radius 2 is 1.86 bits per heavy atom. The number of rotatable bonds is 6. The molecule has 0 aliphatic carbocycles. The van der Waals surface area contributed by atoms with E-state index in [2.05, 4.69) is 22.4 Å². The molecule has 1 amide bonds. The van der Waals surface area contributed by atoms with E-state index in [0.29, 0.717) is 23.9 Å². The fourth-order valence-electron chi connectivity index (χ4n) is 3.10. The highest BCUT2D eigenvalue weighted by Gasteiger charge is 2.13. The fraction of sp³-hybridized carbons (Fsp3) is 0.136. The number of carbonyl (C=O) groups is 1. The van der Waals surface area contributed by atoms with Crippen molar-refractivity contribution in [3.63, 3.8) is 0 Å². The largest absolute Gasteiger partial charge is 0.422 e. The molecule has 140 valence electrons. The lowest BCUT2D eigenvalue weighted by atomic mass is 10.2. The second-order valence-electron chi connectivity index (χ2n) is 6.45. The van der Waals surface area contributed by atoms with Gasteiger partial charge in [-0.3, -0.25) is 4.79 Å². The highest BCUT2D eigenvalue weighted by molar-refractivity contribution is 5.96. The zero-order valence-electron chi connectivity index (χ0n) is 15.2. The number of nitrogens with zero attached hydrogens (tertiary/aromatic N) is 2. The normalized spacial score (nSPS) is 10.9. The maximum atomic E-state index is 12.4. The van der Waals surface area contributed by atoms with Crippen molar-refractivity contribution in [2.75, 3.05) is 6.54 Å². The summed E-state index contributed by atoms with van der Waals surface area (Å²) in [5.74, 6) is 0.426. The summed E-state index contributed by atoms with van der Waals surface area (Å²) in [6.07, 6.45) is 4.23. The molecule has 0 atom stereocenters. The van der Waals surface area contributed by atoms with E-state index in [0.717, 1.165) is 12.4 Å². The SMILES string of the molecule is O=C(NCCc1nccn1Cc1ccccc1)c1cc2ccccc2oc1=O. The van der Waals surface area contributed by atoms with Crippen molar-refractivity contribution in [1.29, 1.82) is 0 Å². The number of amides is 1. The van der Waals surface area contributed by atoms with Crippen LogP contribution in [0.25, 0.3) is 11.0 Å². The second-order valence-corrected chi connectivity index (χ2v) is 6.45. The Morgan fingerprint density at radius 1 is 1.07 bits per heavy atom. The number of hydrogen-bond acceptors (Lipinski definition) is 4. The molecule has 6 heteroatoms. The Balaban J connectivity index is 1.41. The molecule has 0 spiro atoms. The first-order valence-corrected chi connectivity index (χ1v) is 9.06. The second kappa shape index (κ2) is 7.92. The van der Waals surface area contributed by atoms with Gasteiger partial charge in [-0.05, 0) is 17.7 Å². The molecule has 1 N–H and O–H groups in total. The van der Waals surface area contributed by atoms with Crippen LogP contribution in [0.1, 0.15) is 21.7 Å². The minimum absolute atomic E-state index is 0.00586. The third kappa shape index (κ3) is 3.86. The predicted octanol–water partition coefficient (Wildman–Crippen LogP) is 3.01. The Hall–Kier alpha value is -3.67. The quantitative estimate of drug-likeness (QED) is 0.527. The molecule has 28 heavy (non-hydrogen) atoms. The van der Waals surface area contributed by atoms with Crippen LogP contribution in [0.4, 0.5) is 0 Å². The molecule has 2 aromatic carbocycles. The first-order chi connectivity index (χ1) is 13.7. The monoisotopic (exact) mass is 373 g/mol. The fourth-order valence-corrected chi connectivity index (χ4v) is 3.10. The molecule has 0 radical (unpaired) electrons. The number of benzene rings is 2. The molecule has 0 aliphatic rings. The molecule has 0 unspecified atom stereocenters. The Kier molecular flexibility index (Phi) is 5.01. The van der Waals surface area contributed by atoms with Crippen LogP contribution in [0.3, 0.4) is 0 Å². The average molecular weight is 373 g/mol. The van der Waals surface area contributed by atoms with E-state index >= 15 is 0 Å². The summed E-state index contributed by atoms with van der Waals surface area (Å²) in [6.45, 7) is 1.09. The number of imidazole rings is 1. The molecule has 0 saturated carbocycles. The van der Waals surface area contributed by atoms with Gasteiger partial charge < -0.3 is 14.3 Å². The molecular formula is C22H19N3O3. The summed E-state index contributed by atoms with van der Waals surface area (Å²) < 4.78 is 7.27. The van der Waals surface area contributed by atoms with Gasteiger partial charge in [-0.25, -0.2) is 9.78 Å². The highest BCUT2D eigenvalue weighted by Crippen LogP contribution is 2.12. The van der Waals surface area contributed by atoms with Gasteiger partial charge >= 0.3 is 5.63 Å². The summed E-state index contributed by atoms with van der Waals surface area (Å²) in [5.41, 5.74) is 1.01. The van der Waals surface area contributed by atoms with Crippen molar-refractivity contribution in [3.05, 3.63) is 100 Å². The van der Waals surface area contributed by atoms with E-state index < -0.39 is 11.5 Å². The van der Waals surface area contributed by atoms with Crippen LogP contribution in [0, 0.1) is 0 Å². The molecule has 2 heterocycles. The number of hydrogen-bond donors (Lipinski definition) is 1. The van der Waals surface area contributed by atoms with Crippen LogP contribution < -0.4 is 10.9 Å². The van der Waals surface area contributed by atoms with E-state index in [-0.39, 0.29) is 5.56 Å². The van der Waals surface area contributed by atoms with Gasteiger partial charge in [0.25, 0.3) is 5.91 Å². The lowest BCUT2D eigenvalue weighted by molar-refractivity contribution is 0.0950. The van der Waals surface area contributed by atoms with E-state index in [1.54, 1.807) is 30.5 Å². The van der Waals surface area contributed by atoms with Crippen LogP contribution in [0.2, 0.25) is 0 Å². The Morgan fingerprint density at radius 3 is 2.71 bits per heavy atom. The molecular weight excluding hydrogens is 354 g/mol. The zero-order valence-corrected chi connectivity index (χ0v) is 15.2. The standard InChI is InChI=1S/C22H19N3O3/c26-21(18-14-17-8-4-5-9-19(17)28-22(18)27)24-11-10-20-23-12-13-25(20)15-16-6-2-1-3-7-16/h1-9,12-14H,10-11,15H2,(H,24,26). The van der Waals surface area contributed by atoms with Crippen molar-refractivity contribution >= 4 is 16.9 Å². The predicted molar refractivity (Wildman–Crippen MR) is 106 cm³/mol. The number of para-hydroxylation sites is 1. The Bertz CT molecular complexity index is 1160. The summed E-state index contributed by atoms with van der Waals surface area (Å²) in [6, 6.07) is 18.8. The summed E-state index contributed by atoms with van der Waals surface area (Å²) in [7, 11) is 0. The van der Waals surface area contributed by atoms with Gasteiger partial charge in [0, 0.05) is 37.3 Å². The van der Waals surface area contributed by atoms with E-state index in [1.165, 1.54) is 5.56 Å². The number of aromatic nitrogens is 2. The molecule has 6 nitrogen and oxygen atoms in total. The van der Waals surface area contributed by atoms with Crippen LogP contribution in [0.5, 0.6) is 0 Å². The minimum Gasteiger partial charge on any atom is -0.422 e. The van der Waals surface area contributed by atoms with E-state index in [9.17, 15) is 9.59 Å². The van der Waals surface area contributed by atoms with Crippen molar-refractivity contribution in [3.8, 4) is 0 Å². The maximum Gasteiger partial charge on any atom is 0.349 e. The van der Waals surface area contributed by atoms with Gasteiger partial charge in [-0.15, -0.1) is 0 Å². The van der Waals surface area contributed by atoms with Crippen LogP contribution in [-0.4, -0.2) is 22.0 Å². The van der Waals surface area contributed by atoms with Crippen molar-refractivity contribution in [1.82, 2.24) is 14.9 Å². The molecule has 2 aromatic heterocycles. The van der Waals surface area contributed by atoms with Gasteiger partial charge in [0.15, 0.2) is 0 Å². The number of carbonyl (C=O) groups excluding carboxylic acids is 1. The average Bonchev–Trinajstić information content (AvgIpc) is 3.15. The van der Waals surface area contributed by atoms with E-state index in [4.69, 9.17) is 4.42 Å². The molecule has 0 aliphatic heterocycles. The summed E-state index contributed by atoms with van der Waals surface area (Å²) in [5, 5.41) is 3.50. The van der Waals surface area contributed by atoms with Gasteiger partial charge in [-0.1, -0.05) is 48.5 Å². The van der Waals surface area contributed by atoms with Crippen LogP contribution >= 0.6 is 0 Å². The molecule has 0 fully saturated rings. The van der Waals surface area contributed by atoms with Gasteiger partial charge in [-0.2, -0.15) is 0 Å². The minimum atomic E-state index is -0.637. The lowest BCUT2D eigenvalue weighted by Gasteiger charge is -2.09. The first kappa shape index (κ1) is 17.7. The Labute approximate surface area is 161 Å². The number of nitrogens with one attached hydrogen (secondary N) is 1. The molecule has 0 bridgehead atoms. The molecule has 4 aromatic rings. The van der Waals surface area contributed by atoms with Crippen molar-refractivity contribution < 1.29 is 9.21 Å². The maximum absolute atomic E-state index is 12.4. The first-order valence-electron chi connectivity index (χ1n) is 9.06. The third-order valence-electron chi connectivity index (χ3n) is 4.52. The van der Waals surface area contributed by atoms with Crippen LogP contribution in [-0.2, 0) is 13.0 Å². The van der Waals surface area contributed by atoms with Gasteiger partial charge in [0.1, 0.15) is 17.0 Å². The highest BCUT2D eigenvalue weighted by atomic mass is 16.4. The van der Waals surface area contributed by atoms with E-state index in [1.807, 2.05) is 35.0 Å². The van der Waals surface area contributed by atoms with Crippen LogP contribution in [0.15, 0.2) is 82.3 Å². The van der Waals surface area contributed by atoms with Crippen molar-refractivity contribution in [2.24, 2.45) is 0 Å². The number of fused-ring (bicyclic) bond motifs is 1.